The van der Waals surface area contributed by atoms with E-state index >= 15 is 0 Å². The van der Waals surface area contributed by atoms with Gasteiger partial charge >= 0.3 is 0 Å². The summed E-state index contributed by atoms with van der Waals surface area (Å²) in [5.74, 6) is 1.06. The van der Waals surface area contributed by atoms with E-state index in [0.717, 1.165) is 5.75 Å². The van der Waals surface area contributed by atoms with Gasteiger partial charge in [-0.15, -0.1) is 0 Å². The van der Waals surface area contributed by atoms with E-state index in [1.807, 2.05) is 0 Å². The third-order valence-corrected chi connectivity index (χ3v) is 1.51. The lowest BCUT2D eigenvalue weighted by Gasteiger charge is -2.41. The van der Waals surface area contributed by atoms with Gasteiger partial charge in [0.2, 0.25) is 0 Å². The molecule has 0 bridgehead atoms. The Bertz CT molecular complexity index is 73.5. The summed E-state index contributed by atoms with van der Waals surface area (Å²) in [7, 11) is 0.463. The van der Waals surface area contributed by atoms with Gasteiger partial charge in [-0.05, 0) is 13.8 Å². The van der Waals surface area contributed by atoms with Crippen LogP contribution in [0.15, 0.2) is 0 Å². The van der Waals surface area contributed by atoms with Crippen LogP contribution in [0.2, 0.25) is 0 Å². The Labute approximate surface area is 64.9 Å². The second kappa shape index (κ2) is 4.23. The lowest BCUT2D eigenvalue weighted by atomic mass is 10.2. The van der Waals surface area contributed by atoms with Crippen LogP contribution in [-0.4, -0.2) is 37.8 Å². The van der Waals surface area contributed by atoms with Gasteiger partial charge in [0.15, 0.2) is 7.98 Å². The first-order valence-electron chi connectivity index (χ1n) is 3.18. The summed E-state index contributed by atoms with van der Waals surface area (Å²) in [5, 5.41) is 0. The van der Waals surface area contributed by atoms with Crippen LogP contribution < -0.4 is 0 Å². The van der Waals surface area contributed by atoms with Crippen molar-refractivity contribution >= 4 is 20.6 Å². The smallest absolute Gasteiger partial charge is 0.169 e. The zero-order valence-electron chi connectivity index (χ0n) is 5.72. The molecule has 0 aliphatic heterocycles. The van der Waals surface area contributed by atoms with Gasteiger partial charge in [0.05, 0.1) is 0 Å². The fraction of sp³-hybridized carbons (Fsp3) is 1.00. The molecule has 0 amide bonds. The van der Waals surface area contributed by atoms with Crippen molar-refractivity contribution in [2.45, 2.75) is 13.8 Å². The maximum Gasteiger partial charge on any atom is 0.169 e. The molecule has 0 heterocycles. The fourth-order valence-electron chi connectivity index (χ4n) is 0.681. The highest BCUT2D eigenvalue weighted by atomic mass is 32.1. The first-order chi connectivity index (χ1) is 4.18. The third-order valence-electron chi connectivity index (χ3n) is 1.31. The van der Waals surface area contributed by atoms with Crippen LogP contribution in [0, 0.1) is 0 Å². The minimum Gasteiger partial charge on any atom is -0.522 e. The standard InChI is InChI=1S/C6H18BNS/c1-3-8(7,4-2)5-6-9/h9H,3-6H2,1-2,7H3. The predicted octanol–water partition coefficient (Wildman–Crippen LogP) is 0.0532. The van der Waals surface area contributed by atoms with E-state index < -0.39 is 0 Å². The van der Waals surface area contributed by atoms with Crippen molar-refractivity contribution in [3.05, 3.63) is 0 Å². The lowest BCUT2D eigenvalue weighted by Crippen LogP contribution is -2.46. The van der Waals surface area contributed by atoms with Crippen molar-refractivity contribution < 1.29 is 4.39 Å². The van der Waals surface area contributed by atoms with Crippen LogP contribution in [0.25, 0.3) is 0 Å². The molecule has 0 aromatic heterocycles. The van der Waals surface area contributed by atoms with Crippen molar-refractivity contribution in [2.75, 3.05) is 25.4 Å². The van der Waals surface area contributed by atoms with Gasteiger partial charge in [-0.25, -0.2) is 0 Å². The maximum atomic E-state index is 4.25. The van der Waals surface area contributed by atoms with Crippen molar-refractivity contribution in [1.82, 2.24) is 0 Å². The Morgan fingerprint density at radius 2 is 1.78 bits per heavy atom. The van der Waals surface area contributed by atoms with Gasteiger partial charge in [-0.2, -0.15) is 12.6 Å². The summed E-state index contributed by atoms with van der Waals surface area (Å²) in [6.07, 6.45) is 0. The molecule has 56 valence electrons. The second-order valence-corrected chi connectivity index (χ2v) is 2.20. The average molecular weight is 147 g/mol. The second-order valence-electron chi connectivity index (χ2n) is 1.75. The number of nitrogens with zero attached hydrogens (tertiary/aromatic N) is 1. The molecule has 0 aromatic rings. The minimum atomic E-state index is 0.463. The number of hydrogen-bond acceptors (Lipinski definition) is 1. The molecule has 9 heavy (non-hydrogen) atoms. The summed E-state index contributed by atoms with van der Waals surface area (Å²) in [6.45, 7) is 8.55. The topological polar surface area (TPSA) is 0 Å². The highest BCUT2D eigenvalue weighted by Gasteiger charge is 2.05. The van der Waals surface area contributed by atoms with Crippen LogP contribution in [0.4, 0.5) is 0 Å². The SMILES string of the molecule is [BH3-][N+](CC)(CC)CCS. The quantitative estimate of drug-likeness (QED) is 0.421. The van der Waals surface area contributed by atoms with Gasteiger partial charge in [-0.3, -0.25) is 0 Å². The highest BCUT2D eigenvalue weighted by Crippen LogP contribution is 1.98. The first kappa shape index (κ1) is 9.37. The molecule has 0 N–H and O–H groups in total. The molecule has 0 aliphatic carbocycles. The Balaban J connectivity index is 3.62. The van der Waals surface area contributed by atoms with Crippen LogP contribution in [0.3, 0.4) is 0 Å². The molecule has 0 saturated carbocycles. The predicted molar refractivity (Wildman–Crippen MR) is 50.0 cm³/mol. The number of rotatable bonds is 4. The molecular weight excluding hydrogens is 129 g/mol. The Hall–Kier alpha value is 0.375. The molecule has 0 aliphatic rings. The Morgan fingerprint density at radius 3 is 1.89 bits per heavy atom. The van der Waals surface area contributed by atoms with Crippen molar-refractivity contribution in [2.24, 2.45) is 0 Å². The van der Waals surface area contributed by atoms with Gasteiger partial charge in [-0.1, -0.05) is 0 Å². The summed E-state index contributed by atoms with van der Waals surface area (Å²) in [4.78, 5) is 0. The van der Waals surface area contributed by atoms with Crippen molar-refractivity contribution in [3.8, 4) is 0 Å². The monoisotopic (exact) mass is 147 g/mol. The molecule has 0 aromatic carbocycles. The van der Waals surface area contributed by atoms with Gasteiger partial charge in [0.1, 0.15) is 0 Å². The highest BCUT2D eigenvalue weighted by molar-refractivity contribution is 7.80. The van der Waals surface area contributed by atoms with E-state index in [4.69, 9.17) is 0 Å². The van der Waals surface area contributed by atoms with Gasteiger partial charge < -0.3 is 4.39 Å². The zero-order chi connectivity index (χ0) is 7.33. The molecule has 1 nitrogen and oxygen atoms in total. The summed E-state index contributed by atoms with van der Waals surface area (Å²) >= 11 is 4.25. The third kappa shape index (κ3) is 3.16. The summed E-state index contributed by atoms with van der Waals surface area (Å²) in [6, 6.07) is 0. The van der Waals surface area contributed by atoms with Crippen LogP contribution in [-0.2, 0) is 0 Å². The molecule has 0 saturated heterocycles. The Kier molecular flexibility index (Phi) is 4.41. The molecular formula is C6H18BNS. The maximum absolute atomic E-state index is 4.25. The molecule has 0 rings (SSSR count). The van der Waals surface area contributed by atoms with E-state index in [9.17, 15) is 0 Å². The first-order valence-corrected chi connectivity index (χ1v) is 3.81. The van der Waals surface area contributed by atoms with Crippen LogP contribution >= 0.6 is 12.6 Å². The van der Waals surface area contributed by atoms with E-state index in [2.05, 4.69) is 26.5 Å². The molecule has 0 atom stereocenters. The molecule has 0 fully saturated rings. The van der Waals surface area contributed by atoms with E-state index in [1.54, 1.807) is 0 Å². The van der Waals surface area contributed by atoms with E-state index in [1.165, 1.54) is 24.0 Å². The molecule has 3 heteroatoms. The average Bonchev–Trinajstić information content (AvgIpc) is 1.89. The summed E-state index contributed by atoms with van der Waals surface area (Å²) in [5.41, 5.74) is 0. The minimum absolute atomic E-state index is 0.463. The van der Waals surface area contributed by atoms with Gasteiger partial charge in [0, 0.05) is 25.4 Å². The van der Waals surface area contributed by atoms with Crippen LogP contribution in [0.5, 0.6) is 0 Å². The lowest BCUT2D eigenvalue weighted by molar-refractivity contribution is -0.810. The van der Waals surface area contributed by atoms with E-state index in [0.29, 0.717) is 7.98 Å². The molecule has 0 spiro atoms. The van der Waals surface area contributed by atoms with Crippen LogP contribution in [0.1, 0.15) is 13.8 Å². The van der Waals surface area contributed by atoms with Gasteiger partial charge in [0.25, 0.3) is 0 Å². The molecule has 0 unspecified atom stereocenters. The largest absolute Gasteiger partial charge is 0.522 e. The molecule has 0 radical (unpaired) electrons. The van der Waals surface area contributed by atoms with Crippen molar-refractivity contribution in [1.29, 1.82) is 0 Å². The number of quaternary nitrogens is 1. The fourth-order valence-corrected chi connectivity index (χ4v) is 0.964. The normalized spacial score (nSPS) is 12.0. The number of hydrogen-bond donors (Lipinski definition) is 1. The number of thiol groups is 1. The van der Waals surface area contributed by atoms with E-state index in [-0.39, 0.29) is 0 Å². The summed E-state index contributed by atoms with van der Waals surface area (Å²) < 4.78 is 1.41. The van der Waals surface area contributed by atoms with Crippen molar-refractivity contribution in [3.63, 3.8) is 0 Å². The Morgan fingerprint density at radius 1 is 1.33 bits per heavy atom. The zero-order valence-corrected chi connectivity index (χ0v) is 6.62.